The highest BCUT2D eigenvalue weighted by molar-refractivity contribution is 5.60. The molecule has 1 aliphatic carbocycles. The van der Waals surface area contributed by atoms with Crippen LogP contribution >= 0.6 is 0 Å². The average Bonchev–Trinajstić information content (AvgIpc) is 3.09. The molecule has 1 heterocycles. The fourth-order valence-corrected chi connectivity index (χ4v) is 1.68. The van der Waals surface area contributed by atoms with Crippen molar-refractivity contribution in [1.29, 1.82) is 0 Å². The van der Waals surface area contributed by atoms with Gasteiger partial charge in [0.15, 0.2) is 5.82 Å². The molecular formula is C12H12N4O. The lowest BCUT2D eigenvalue weighted by molar-refractivity contribution is 0.475. The number of phenols is 1. The van der Waals surface area contributed by atoms with E-state index in [2.05, 4.69) is 15.2 Å². The minimum Gasteiger partial charge on any atom is -0.508 e. The Morgan fingerprint density at radius 2 is 2.12 bits per heavy atom. The first kappa shape index (κ1) is 10.2. The molecule has 5 heteroatoms. The SMILES string of the molecule is NC1(c2nncc(-c3cccc(O)c3)n2)CC1. The molecule has 3 rings (SSSR count). The molecule has 0 bridgehead atoms. The van der Waals surface area contributed by atoms with Crippen LogP contribution in [0.1, 0.15) is 18.7 Å². The molecule has 3 N–H and O–H groups in total. The molecule has 86 valence electrons. The monoisotopic (exact) mass is 228 g/mol. The van der Waals surface area contributed by atoms with Gasteiger partial charge >= 0.3 is 0 Å². The lowest BCUT2D eigenvalue weighted by Gasteiger charge is -2.07. The number of benzene rings is 1. The minimum absolute atomic E-state index is 0.205. The minimum atomic E-state index is -0.389. The molecule has 0 radical (unpaired) electrons. The van der Waals surface area contributed by atoms with Crippen LogP contribution in [-0.2, 0) is 5.54 Å². The number of phenolic OH excluding ortho intramolecular Hbond substituents is 1. The number of hydrogen-bond donors (Lipinski definition) is 2. The first-order valence-corrected chi connectivity index (χ1v) is 5.46. The first-order valence-electron chi connectivity index (χ1n) is 5.46. The molecular weight excluding hydrogens is 216 g/mol. The van der Waals surface area contributed by atoms with E-state index in [4.69, 9.17) is 5.73 Å². The van der Waals surface area contributed by atoms with E-state index >= 15 is 0 Å². The van der Waals surface area contributed by atoms with E-state index in [1.54, 1.807) is 24.4 Å². The Hall–Kier alpha value is -2.01. The molecule has 0 unspecified atom stereocenters. The summed E-state index contributed by atoms with van der Waals surface area (Å²) in [6, 6.07) is 6.89. The lowest BCUT2D eigenvalue weighted by atomic mass is 10.1. The van der Waals surface area contributed by atoms with Gasteiger partial charge in [0.1, 0.15) is 5.75 Å². The van der Waals surface area contributed by atoms with E-state index in [9.17, 15) is 5.11 Å². The molecule has 1 fully saturated rings. The second-order valence-electron chi connectivity index (χ2n) is 4.37. The summed E-state index contributed by atoms with van der Waals surface area (Å²) in [5.74, 6) is 0.787. The Labute approximate surface area is 98.3 Å². The molecule has 1 aromatic heterocycles. The van der Waals surface area contributed by atoms with Gasteiger partial charge in [-0.25, -0.2) is 4.98 Å². The Morgan fingerprint density at radius 1 is 1.29 bits per heavy atom. The zero-order chi connectivity index (χ0) is 11.9. The smallest absolute Gasteiger partial charge is 0.171 e. The van der Waals surface area contributed by atoms with Crippen molar-refractivity contribution in [2.24, 2.45) is 5.73 Å². The zero-order valence-electron chi connectivity index (χ0n) is 9.17. The average molecular weight is 228 g/mol. The van der Waals surface area contributed by atoms with E-state index in [0.717, 1.165) is 18.4 Å². The number of hydrogen-bond acceptors (Lipinski definition) is 5. The van der Waals surface area contributed by atoms with Gasteiger partial charge in [-0.05, 0) is 25.0 Å². The third kappa shape index (κ3) is 1.85. The van der Waals surface area contributed by atoms with Crippen molar-refractivity contribution in [1.82, 2.24) is 15.2 Å². The lowest BCUT2D eigenvalue weighted by Crippen LogP contribution is -2.22. The molecule has 5 nitrogen and oxygen atoms in total. The highest BCUT2D eigenvalue weighted by Gasteiger charge is 2.43. The van der Waals surface area contributed by atoms with Crippen LogP contribution in [0.4, 0.5) is 0 Å². The predicted molar refractivity (Wildman–Crippen MR) is 62.0 cm³/mol. The molecule has 0 atom stereocenters. The topological polar surface area (TPSA) is 84.9 Å². The second kappa shape index (κ2) is 3.49. The maximum Gasteiger partial charge on any atom is 0.171 e. The number of aromatic nitrogens is 3. The number of aromatic hydroxyl groups is 1. The summed E-state index contributed by atoms with van der Waals surface area (Å²) in [6.45, 7) is 0. The Kier molecular flexibility index (Phi) is 2.09. The van der Waals surface area contributed by atoms with Crippen LogP contribution in [0.25, 0.3) is 11.3 Å². The van der Waals surface area contributed by atoms with E-state index in [0.29, 0.717) is 11.5 Å². The zero-order valence-corrected chi connectivity index (χ0v) is 9.17. The summed E-state index contributed by atoms with van der Waals surface area (Å²) in [5.41, 5.74) is 7.13. The first-order chi connectivity index (χ1) is 8.17. The van der Waals surface area contributed by atoms with Crippen molar-refractivity contribution < 1.29 is 5.11 Å². The highest BCUT2D eigenvalue weighted by Crippen LogP contribution is 2.40. The molecule has 0 amide bonds. The normalized spacial score (nSPS) is 16.8. The number of nitrogens with two attached hydrogens (primary N) is 1. The number of nitrogens with zero attached hydrogens (tertiary/aromatic N) is 3. The maximum absolute atomic E-state index is 9.43. The van der Waals surface area contributed by atoms with E-state index in [1.807, 2.05) is 6.07 Å². The van der Waals surface area contributed by atoms with Gasteiger partial charge in [0.25, 0.3) is 0 Å². The molecule has 0 saturated heterocycles. The van der Waals surface area contributed by atoms with Crippen molar-refractivity contribution >= 4 is 0 Å². The van der Waals surface area contributed by atoms with Crippen molar-refractivity contribution in [3.05, 3.63) is 36.3 Å². The molecule has 0 spiro atoms. The Balaban J connectivity index is 2.03. The van der Waals surface area contributed by atoms with E-state index in [1.165, 1.54) is 0 Å². The van der Waals surface area contributed by atoms with E-state index in [-0.39, 0.29) is 11.3 Å². The van der Waals surface area contributed by atoms with Gasteiger partial charge in [-0.1, -0.05) is 12.1 Å². The third-order valence-corrected chi connectivity index (χ3v) is 2.93. The van der Waals surface area contributed by atoms with Gasteiger partial charge in [0.05, 0.1) is 17.4 Å². The number of rotatable bonds is 2. The summed E-state index contributed by atoms with van der Waals surface area (Å²) in [4.78, 5) is 4.41. The van der Waals surface area contributed by atoms with Crippen molar-refractivity contribution in [3.63, 3.8) is 0 Å². The van der Waals surface area contributed by atoms with Crippen LogP contribution in [-0.4, -0.2) is 20.3 Å². The van der Waals surface area contributed by atoms with Gasteiger partial charge in [0.2, 0.25) is 0 Å². The molecule has 2 aromatic rings. The second-order valence-corrected chi connectivity index (χ2v) is 4.37. The molecule has 1 aromatic carbocycles. The van der Waals surface area contributed by atoms with Crippen molar-refractivity contribution in [2.75, 3.05) is 0 Å². The van der Waals surface area contributed by atoms with Crippen LogP contribution < -0.4 is 5.73 Å². The van der Waals surface area contributed by atoms with Gasteiger partial charge in [-0.15, -0.1) is 5.10 Å². The molecule has 1 saturated carbocycles. The largest absolute Gasteiger partial charge is 0.508 e. The summed E-state index contributed by atoms with van der Waals surface area (Å²) in [5, 5.41) is 17.3. The fourth-order valence-electron chi connectivity index (χ4n) is 1.68. The van der Waals surface area contributed by atoms with Crippen LogP contribution in [0.3, 0.4) is 0 Å². The molecule has 17 heavy (non-hydrogen) atoms. The Morgan fingerprint density at radius 3 is 2.82 bits per heavy atom. The summed E-state index contributed by atoms with van der Waals surface area (Å²) in [6.07, 6.45) is 3.38. The Bertz CT molecular complexity index is 566. The van der Waals surface area contributed by atoms with Crippen LogP contribution in [0, 0.1) is 0 Å². The summed E-state index contributed by atoms with van der Waals surface area (Å²) < 4.78 is 0. The van der Waals surface area contributed by atoms with Crippen molar-refractivity contribution in [3.8, 4) is 17.0 Å². The predicted octanol–water partition coefficient (Wildman–Crippen LogP) is 1.19. The van der Waals surface area contributed by atoms with Crippen LogP contribution in [0.5, 0.6) is 5.75 Å². The van der Waals surface area contributed by atoms with E-state index < -0.39 is 0 Å². The standard InChI is InChI=1S/C12H12N4O/c13-12(4-5-12)11-15-10(7-14-16-11)8-2-1-3-9(17)6-8/h1-3,6-7,17H,4-5,13H2. The maximum atomic E-state index is 9.43. The third-order valence-electron chi connectivity index (χ3n) is 2.93. The molecule has 1 aliphatic rings. The van der Waals surface area contributed by atoms with Crippen LogP contribution in [0.15, 0.2) is 30.5 Å². The van der Waals surface area contributed by atoms with Gasteiger partial charge in [-0.3, -0.25) is 0 Å². The summed E-state index contributed by atoms with van der Waals surface area (Å²) in [7, 11) is 0. The fraction of sp³-hybridized carbons (Fsp3) is 0.250. The van der Waals surface area contributed by atoms with Crippen LogP contribution in [0.2, 0.25) is 0 Å². The molecule has 0 aliphatic heterocycles. The van der Waals surface area contributed by atoms with Gasteiger partial charge in [0, 0.05) is 5.56 Å². The van der Waals surface area contributed by atoms with Gasteiger partial charge < -0.3 is 10.8 Å². The highest BCUT2D eigenvalue weighted by atomic mass is 16.3. The quantitative estimate of drug-likeness (QED) is 0.806. The summed E-state index contributed by atoms with van der Waals surface area (Å²) >= 11 is 0. The van der Waals surface area contributed by atoms with Gasteiger partial charge in [-0.2, -0.15) is 5.10 Å². The van der Waals surface area contributed by atoms with Crippen molar-refractivity contribution in [2.45, 2.75) is 18.4 Å².